The second-order valence-electron chi connectivity index (χ2n) is 7.54. The third-order valence-corrected chi connectivity index (χ3v) is 6.39. The Bertz CT molecular complexity index is 1170. The zero-order chi connectivity index (χ0) is 22.5. The number of carbonyl (C=O) groups excluding carboxylic acids is 1. The SMILES string of the molecule is O=C(CSc1nnc(-c2ccccc2)n1Cc1ccco1)N1CCN(c2ncccn2)CC1. The van der Waals surface area contributed by atoms with Gasteiger partial charge in [-0.3, -0.25) is 9.36 Å². The molecule has 1 aromatic carbocycles. The van der Waals surface area contributed by atoms with Crippen LogP contribution < -0.4 is 4.90 Å². The largest absolute Gasteiger partial charge is 0.467 e. The highest BCUT2D eigenvalue weighted by molar-refractivity contribution is 7.99. The first-order valence-corrected chi connectivity index (χ1v) is 11.7. The lowest BCUT2D eigenvalue weighted by molar-refractivity contribution is -0.128. The van der Waals surface area contributed by atoms with Crippen LogP contribution in [0.3, 0.4) is 0 Å². The molecule has 3 aromatic heterocycles. The lowest BCUT2D eigenvalue weighted by atomic mass is 10.2. The quantitative estimate of drug-likeness (QED) is 0.388. The van der Waals surface area contributed by atoms with E-state index in [4.69, 9.17) is 4.42 Å². The first-order valence-electron chi connectivity index (χ1n) is 10.7. The molecule has 33 heavy (non-hydrogen) atoms. The number of hydrogen-bond acceptors (Lipinski definition) is 8. The van der Waals surface area contributed by atoms with Gasteiger partial charge in [-0.2, -0.15) is 0 Å². The Hall–Kier alpha value is -3.66. The van der Waals surface area contributed by atoms with Crippen LogP contribution in [-0.4, -0.2) is 67.5 Å². The van der Waals surface area contributed by atoms with Crippen molar-refractivity contribution in [2.24, 2.45) is 0 Å². The minimum atomic E-state index is 0.0856. The van der Waals surface area contributed by atoms with Gasteiger partial charge in [0.05, 0.1) is 18.6 Å². The predicted octanol–water partition coefficient (Wildman–Crippen LogP) is 2.82. The van der Waals surface area contributed by atoms with Gasteiger partial charge in [-0.05, 0) is 18.2 Å². The molecule has 4 heterocycles. The van der Waals surface area contributed by atoms with Crippen molar-refractivity contribution < 1.29 is 9.21 Å². The summed E-state index contributed by atoms with van der Waals surface area (Å²) in [5.41, 5.74) is 0.967. The van der Waals surface area contributed by atoms with Crippen LogP contribution in [0.25, 0.3) is 11.4 Å². The van der Waals surface area contributed by atoms with E-state index in [1.807, 2.05) is 51.9 Å². The fraction of sp³-hybridized carbons (Fsp3) is 0.261. The molecule has 1 aliphatic rings. The molecule has 0 radical (unpaired) electrons. The molecule has 0 N–H and O–H groups in total. The third kappa shape index (κ3) is 4.90. The second-order valence-corrected chi connectivity index (χ2v) is 8.49. The van der Waals surface area contributed by atoms with E-state index in [-0.39, 0.29) is 5.91 Å². The average molecular weight is 462 g/mol. The third-order valence-electron chi connectivity index (χ3n) is 5.43. The van der Waals surface area contributed by atoms with Crippen molar-refractivity contribution in [3.8, 4) is 11.4 Å². The van der Waals surface area contributed by atoms with Crippen LogP contribution in [0.5, 0.6) is 0 Å². The van der Waals surface area contributed by atoms with E-state index < -0.39 is 0 Å². The molecule has 9 nitrogen and oxygen atoms in total. The highest BCUT2D eigenvalue weighted by Crippen LogP contribution is 2.25. The summed E-state index contributed by atoms with van der Waals surface area (Å²) in [7, 11) is 0. The summed E-state index contributed by atoms with van der Waals surface area (Å²) >= 11 is 1.40. The lowest BCUT2D eigenvalue weighted by Crippen LogP contribution is -2.49. The molecule has 0 bridgehead atoms. The molecule has 1 saturated heterocycles. The topological polar surface area (TPSA) is 93.2 Å². The van der Waals surface area contributed by atoms with Gasteiger partial charge in [0.1, 0.15) is 5.76 Å². The molecule has 10 heteroatoms. The van der Waals surface area contributed by atoms with Crippen molar-refractivity contribution in [1.82, 2.24) is 29.6 Å². The van der Waals surface area contributed by atoms with Gasteiger partial charge in [0.2, 0.25) is 11.9 Å². The number of furan rings is 1. The summed E-state index contributed by atoms with van der Waals surface area (Å²) < 4.78 is 7.54. The minimum absolute atomic E-state index is 0.0856. The molecule has 1 fully saturated rings. The molecule has 5 rings (SSSR count). The molecule has 1 amide bonds. The van der Waals surface area contributed by atoms with E-state index in [2.05, 4.69) is 25.1 Å². The maximum Gasteiger partial charge on any atom is 0.233 e. The zero-order valence-electron chi connectivity index (χ0n) is 17.9. The van der Waals surface area contributed by atoms with Gasteiger partial charge >= 0.3 is 0 Å². The number of thioether (sulfide) groups is 1. The number of amides is 1. The number of aromatic nitrogens is 5. The van der Waals surface area contributed by atoms with Gasteiger partial charge < -0.3 is 14.2 Å². The average Bonchev–Trinajstić information content (AvgIpc) is 3.54. The van der Waals surface area contributed by atoms with Gasteiger partial charge in [-0.25, -0.2) is 9.97 Å². The number of piperazine rings is 1. The van der Waals surface area contributed by atoms with Crippen LogP contribution >= 0.6 is 11.8 Å². The molecular weight excluding hydrogens is 438 g/mol. The number of anilines is 1. The Labute approximate surface area is 195 Å². The summed E-state index contributed by atoms with van der Waals surface area (Å²) in [4.78, 5) is 25.5. The number of carbonyl (C=O) groups is 1. The van der Waals surface area contributed by atoms with Crippen LogP contribution in [0, 0.1) is 0 Å². The Kier molecular flexibility index (Phi) is 6.34. The lowest BCUT2D eigenvalue weighted by Gasteiger charge is -2.34. The summed E-state index contributed by atoms with van der Waals surface area (Å²) in [6.45, 7) is 3.22. The number of benzene rings is 1. The summed E-state index contributed by atoms with van der Waals surface area (Å²) in [5.74, 6) is 2.64. The number of hydrogen-bond donors (Lipinski definition) is 0. The van der Waals surface area contributed by atoms with Crippen LogP contribution in [0.2, 0.25) is 0 Å². The van der Waals surface area contributed by atoms with Crippen molar-refractivity contribution in [2.45, 2.75) is 11.7 Å². The van der Waals surface area contributed by atoms with Crippen molar-refractivity contribution >= 4 is 23.6 Å². The van der Waals surface area contributed by atoms with Gasteiger partial charge in [0.25, 0.3) is 0 Å². The summed E-state index contributed by atoms with van der Waals surface area (Å²) in [6.07, 6.45) is 5.12. The van der Waals surface area contributed by atoms with Crippen molar-refractivity contribution in [3.63, 3.8) is 0 Å². The summed E-state index contributed by atoms with van der Waals surface area (Å²) in [6, 6.07) is 15.5. The first-order chi connectivity index (χ1) is 16.3. The Morgan fingerprint density at radius 2 is 1.73 bits per heavy atom. The molecule has 0 aliphatic carbocycles. The van der Waals surface area contributed by atoms with Crippen molar-refractivity contribution in [1.29, 1.82) is 0 Å². The Balaban J connectivity index is 1.25. The van der Waals surface area contributed by atoms with Gasteiger partial charge in [-0.15, -0.1) is 10.2 Å². The minimum Gasteiger partial charge on any atom is -0.467 e. The number of rotatable bonds is 7. The molecule has 0 unspecified atom stereocenters. The predicted molar refractivity (Wildman–Crippen MR) is 125 cm³/mol. The molecule has 168 valence electrons. The number of nitrogens with zero attached hydrogens (tertiary/aromatic N) is 7. The van der Waals surface area contributed by atoms with Crippen molar-refractivity contribution in [2.75, 3.05) is 36.8 Å². The fourth-order valence-electron chi connectivity index (χ4n) is 3.73. The maximum absolute atomic E-state index is 12.9. The zero-order valence-corrected chi connectivity index (χ0v) is 18.8. The van der Waals surface area contributed by atoms with Crippen LogP contribution in [0.4, 0.5) is 5.95 Å². The maximum atomic E-state index is 12.9. The van der Waals surface area contributed by atoms with Crippen LogP contribution in [0.1, 0.15) is 5.76 Å². The molecular formula is C23H23N7O2S. The molecule has 4 aromatic rings. The van der Waals surface area contributed by atoms with E-state index in [1.54, 1.807) is 24.7 Å². The first kappa shape index (κ1) is 21.2. The van der Waals surface area contributed by atoms with E-state index >= 15 is 0 Å². The monoisotopic (exact) mass is 461 g/mol. The van der Waals surface area contributed by atoms with Gasteiger partial charge in [0, 0.05) is 44.1 Å². The van der Waals surface area contributed by atoms with Gasteiger partial charge in [0.15, 0.2) is 11.0 Å². The van der Waals surface area contributed by atoms with E-state index in [1.165, 1.54) is 11.8 Å². The highest BCUT2D eigenvalue weighted by atomic mass is 32.2. The van der Waals surface area contributed by atoms with Crippen LogP contribution in [-0.2, 0) is 11.3 Å². The Morgan fingerprint density at radius 1 is 0.939 bits per heavy atom. The van der Waals surface area contributed by atoms with Crippen molar-refractivity contribution in [3.05, 3.63) is 72.9 Å². The van der Waals surface area contributed by atoms with E-state index in [9.17, 15) is 4.79 Å². The molecule has 1 aliphatic heterocycles. The van der Waals surface area contributed by atoms with E-state index in [0.717, 1.165) is 17.1 Å². The molecule has 0 atom stereocenters. The normalized spacial score (nSPS) is 13.9. The fourth-order valence-corrected chi connectivity index (χ4v) is 4.57. The van der Waals surface area contributed by atoms with Crippen LogP contribution in [0.15, 0.2) is 76.8 Å². The van der Waals surface area contributed by atoms with Gasteiger partial charge in [-0.1, -0.05) is 42.1 Å². The Morgan fingerprint density at radius 3 is 2.45 bits per heavy atom. The molecule has 0 saturated carbocycles. The smallest absolute Gasteiger partial charge is 0.233 e. The second kappa shape index (κ2) is 9.86. The molecule has 0 spiro atoms. The highest BCUT2D eigenvalue weighted by Gasteiger charge is 2.24. The summed E-state index contributed by atoms with van der Waals surface area (Å²) in [5, 5.41) is 9.48. The van der Waals surface area contributed by atoms with E-state index in [0.29, 0.717) is 49.6 Å². The standard InChI is InChI=1S/C23H23N7O2S/c31-20(28-11-13-29(14-12-28)22-24-9-5-10-25-22)17-33-23-27-26-21(18-6-2-1-3-7-18)30(23)16-19-8-4-15-32-19/h1-10,15H,11-14,16-17H2.